The van der Waals surface area contributed by atoms with Gasteiger partial charge in [-0.3, -0.25) is 0 Å². The number of nitrogens with two attached hydrogens (primary N) is 1. The average Bonchev–Trinajstić information content (AvgIpc) is 2.67. The van der Waals surface area contributed by atoms with Gasteiger partial charge in [-0.15, -0.1) is 0 Å². The molecule has 0 saturated carbocycles. The Balaban J connectivity index is 2.24. The molecule has 1 heterocycles. The van der Waals surface area contributed by atoms with E-state index in [1.165, 1.54) is 0 Å². The Bertz CT molecular complexity index is 555. The highest BCUT2D eigenvalue weighted by Gasteiger charge is 2.26. The topological polar surface area (TPSA) is 30.9 Å². The summed E-state index contributed by atoms with van der Waals surface area (Å²) < 4.78 is 38.5. The minimum absolute atomic E-state index is 0.0380. The van der Waals surface area contributed by atoms with Crippen molar-refractivity contribution in [2.45, 2.75) is 38.5 Å². The lowest BCUT2D eigenvalue weighted by Crippen LogP contribution is -2.17. The molecule has 0 amide bonds. The molecule has 0 fully saturated rings. The van der Waals surface area contributed by atoms with Crippen LogP contribution in [0.5, 0.6) is 0 Å². The third-order valence-corrected chi connectivity index (χ3v) is 3.03. The van der Waals surface area contributed by atoms with E-state index in [1.54, 1.807) is 10.8 Å². The number of hydrogen-bond acceptors (Lipinski definition) is 1. The predicted octanol–water partition coefficient (Wildman–Crippen LogP) is 3.48. The molecular formula is C14H17F3N2. The maximum Gasteiger partial charge on any atom is 0.390 e. The van der Waals surface area contributed by atoms with Gasteiger partial charge in [0.05, 0.1) is 6.42 Å². The van der Waals surface area contributed by atoms with Crippen molar-refractivity contribution in [2.75, 3.05) is 0 Å². The summed E-state index contributed by atoms with van der Waals surface area (Å²) in [6, 6.07) is 7.70. The first-order valence-electron chi connectivity index (χ1n) is 6.25. The van der Waals surface area contributed by atoms with Gasteiger partial charge < -0.3 is 10.3 Å². The molecule has 5 heteroatoms. The molecule has 1 unspecified atom stereocenters. The molecule has 0 bridgehead atoms. The Kier molecular flexibility index (Phi) is 3.85. The normalized spacial score (nSPS) is 13.9. The van der Waals surface area contributed by atoms with Crippen LogP contribution < -0.4 is 5.73 Å². The second kappa shape index (κ2) is 5.25. The third-order valence-electron chi connectivity index (χ3n) is 3.03. The van der Waals surface area contributed by atoms with Crippen LogP contribution in [0.2, 0.25) is 0 Å². The first-order valence-corrected chi connectivity index (χ1v) is 6.25. The molecule has 104 valence electrons. The van der Waals surface area contributed by atoms with Crippen LogP contribution >= 0.6 is 0 Å². The number of rotatable bonds is 4. The second-order valence-corrected chi connectivity index (χ2v) is 4.95. The van der Waals surface area contributed by atoms with Gasteiger partial charge in [-0.25, -0.2) is 0 Å². The Morgan fingerprint density at radius 1 is 1.26 bits per heavy atom. The maximum atomic E-state index is 12.3. The lowest BCUT2D eigenvalue weighted by atomic mass is 10.1. The zero-order valence-electron chi connectivity index (χ0n) is 10.7. The number of alkyl halides is 3. The van der Waals surface area contributed by atoms with Crippen molar-refractivity contribution in [1.29, 1.82) is 0 Å². The summed E-state index contributed by atoms with van der Waals surface area (Å²) in [6.45, 7) is 1.86. The second-order valence-electron chi connectivity index (χ2n) is 4.95. The van der Waals surface area contributed by atoms with E-state index < -0.39 is 12.6 Å². The monoisotopic (exact) mass is 270 g/mol. The number of halogens is 3. The Morgan fingerprint density at radius 2 is 2.00 bits per heavy atom. The molecule has 19 heavy (non-hydrogen) atoms. The highest BCUT2D eigenvalue weighted by Crippen LogP contribution is 2.23. The molecule has 1 aromatic heterocycles. The zero-order valence-corrected chi connectivity index (χ0v) is 10.7. The minimum atomic E-state index is -4.13. The molecule has 0 aliphatic carbocycles. The van der Waals surface area contributed by atoms with Gasteiger partial charge in [0, 0.05) is 24.3 Å². The zero-order chi connectivity index (χ0) is 14.0. The Labute approximate surface area is 110 Å². The van der Waals surface area contributed by atoms with E-state index in [1.807, 2.05) is 31.2 Å². The number of aromatic nitrogens is 1. The van der Waals surface area contributed by atoms with Gasteiger partial charge in [0.25, 0.3) is 0 Å². The molecule has 1 atom stereocenters. The van der Waals surface area contributed by atoms with Crippen LogP contribution in [-0.4, -0.2) is 16.8 Å². The SMILES string of the molecule is CC(N)Cc1ccc2ccn(CCC(F)(F)F)c2c1. The summed E-state index contributed by atoms with van der Waals surface area (Å²) in [4.78, 5) is 0. The van der Waals surface area contributed by atoms with Crippen molar-refractivity contribution in [1.82, 2.24) is 4.57 Å². The molecule has 2 N–H and O–H groups in total. The molecule has 2 aromatic rings. The lowest BCUT2D eigenvalue weighted by Gasteiger charge is -2.10. The summed E-state index contributed by atoms with van der Waals surface area (Å²) in [7, 11) is 0. The van der Waals surface area contributed by atoms with Gasteiger partial charge in [0.1, 0.15) is 0 Å². The van der Waals surface area contributed by atoms with Crippen LogP contribution in [0, 0.1) is 0 Å². The van der Waals surface area contributed by atoms with Crippen LogP contribution in [-0.2, 0) is 13.0 Å². The van der Waals surface area contributed by atoms with Gasteiger partial charge in [-0.05, 0) is 36.4 Å². The van der Waals surface area contributed by atoms with Crippen LogP contribution in [0.15, 0.2) is 30.5 Å². The minimum Gasteiger partial charge on any atom is -0.347 e. The summed E-state index contributed by atoms with van der Waals surface area (Å²) in [6.07, 6.45) is -2.51. The van der Waals surface area contributed by atoms with E-state index in [0.29, 0.717) is 0 Å². The highest BCUT2D eigenvalue weighted by atomic mass is 19.4. The molecule has 1 aromatic carbocycles. The third kappa shape index (κ3) is 3.73. The average molecular weight is 270 g/mol. The fourth-order valence-corrected chi connectivity index (χ4v) is 2.17. The molecule has 0 aliphatic rings. The van der Waals surface area contributed by atoms with E-state index in [-0.39, 0.29) is 12.6 Å². The molecule has 0 radical (unpaired) electrons. The van der Waals surface area contributed by atoms with Crippen LogP contribution in [0.4, 0.5) is 13.2 Å². The van der Waals surface area contributed by atoms with E-state index in [0.717, 1.165) is 22.9 Å². The van der Waals surface area contributed by atoms with Crippen molar-refractivity contribution in [2.24, 2.45) is 5.73 Å². The highest BCUT2D eigenvalue weighted by molar-refractivity contribution is 5.80. The van der Waals surface area contributed by atoms with Crippen LogP contribution in [0.1, 0.15) is 18.9 Å². The molecule has 2 nitrogen and oxygen atoms in total. The molecule has 0 aliphatic heterocycles. The smallest absolute Gasteiger partial charge is 0.347 e. The van der Waals surface area contributed by atoms with E-state index >= 15 is 0 Å². The van der Waals surface area contributed by atoms with E-state index in [4.69, 9.17) is 5.73 Å². The van der Waals surface area contributed by atoms with Gasteiger partial charge in [0.15, 0.2) is 0 Å². The van der Waals surface area contributed by atoms with Crippen molar-refractivity contribution < 1.29 is 13.2 Å². The van der Waals surface area contributed by atoms with Gasteiger partial charge in [-0.2, -0.15) is 13.2 Å². The Morgan fingerprint density at radius 3 is 2.63 bits per heavy atom. The molecule has 2 rings (SSSR count). The summed E-state index contributed by atoms with van der Waals surface area (Å²) in [5.41, 5.74) is 7.63. The molecular weight excluding hydrogens is 253 g/mol. The van der Waals surface area contributed by atoms with Crippen LogP contribution in [0.3, 0.4) is 0 Å². The van der Waals surface area contributed by atoms with E-state index in [9.17, 15) is 13.2 Å². The van der Waals surface area contributed by atoms with E-state index in [2.05, 4.69) is 0 Å². The largest absolute Gasteiger partial charge is 0.390 e. The quantitative estimate of drug-likeness (QED) is 0.906. The van der Waals surface area contributed by atoms with Crippen molar-refractivity contribution in [3.05, 3.63) is 36.0 Å². The van der Waals surface area contributed by atoms with Gasteiger partial charge in [0.2, 0.25) is 0 Å². The summed E-state index contributed by atoms with van der Waals surface area (Å²) in [5.74, 6) is 0. The van der Waals surface area contributed by atoms with Crippen molar-refractivity contribution >= 4 is 10.9 Å². The predicted molar refractivity (Wildman–Crippen MR) is 70.0 cm³/mol. The first-order chi connectivity index (χ1) is 8.85. The van der Waals surface area contributed by atoms with Gasteiger partial charge in [-0.1, -0.05) is 12.1 Å². The molecule has 0 saturated heterocycles. The standard InChI is InChI=1S/C14H17F3N2/c1-10(18)8-11-2-3-12-4-6-19(13(12)9-11)7-5-14(15,16)17/h2-4,6,9-10H,5,7-8,18H2,1H3. The fourth-order valence-electron chi connectivity index (χ4n) is 2.17. The van der Waals surface area contributed by atoms with Crippen molar-refractivity contribution in [3.8, 4) is 0 Å². The number of aryl methyl sites for hydroxylation is 1. The summed E-state index contributed by atoms with van der Waals surface area (Å²) in [5, 5.41) is 0.954. The lowest BCUT2D eigenvalue weighted by molar-refractivity contribution is -0.136. The fraction of sp³-hybridized carbons (Fsp3) is 0.429. The number of benzene rings is 1. The number of hydrogen-bond donors (Lipinski definition) is 1. The first kappa shape index (κ1) is 13.9. The summed E-state index contributed by atoms with van der Waals surface area (Å²) >= 11 is 0. The Hall–Kier alpha value is -1.49. The van der Waals surface area contributed by atoms with Crippen LogP contribution in [0.25, 0.3) is 10.9 Å². The number of fused-ring (bicyclic) bond motifs is 1. The maximum absolute atomic E-state index is 12.3. The molecule has 0 spiro atoms. The number of nitrogens with zero attached hydrogens (tertiary/aromatic N) is 1. The van der Waals surface area contributed by atoms with Crippen molar-refractivity contribution in [3.63, 3.8) is 0 Å². The van der Waals surface area contributed by atoms with Gasteiger partial charge >= 0.3 is 6.18 Å².